The first-order valence-corrected chi connectivity index (χ1v) is 6.91. The number of rotatable bonds is 8. The second-order valence-electron chi connectivity index (χ2n) is 5.55. The van der Waals surface area contributed by atoms with Crippen LogP contribution < -0.4 is 10.1 Å². The van der Waals surface area contributed by atoms with Gasteiger partial charge in [-0.15, -0.1) is 0 Å². The minimum Gasteiger partial charge on any atom is -0.489 e. The molecule has 0 spiro atoms. The lowest BCUT2D eigenvalue weighted by Gasteiger charge is -2.21. The molecule has 0 bridgehead atoms. The van der Waals surface area contributed by atoms with E-state index in [0.29, 0.717) is 13.2 Å². The minimum absolute atomic E-state index is 0.0881. The molecule has 0 radical (unpaired) electrons. The van der Waals surface area contributed by atoms with E-state index in [1.807, 2.05) is 6.07 Å². The number of aromatic nitrogens is 1. The first kappa shape index (κ1) is 15.9. The van der Waals surface area contributed by atoms with Crippen LogP contribution in [-0.4, -0.2) is 30.3 Å². The second-order valence-corrected chi connectivity index (χ2v) is 5.55. The summed E-state index contributed by atoms with van der Waals surface area (Å²) >= 11 is 0. The van der Waals surface area contributed by atoms with Gasteiger partial charge in [-0.25, -0.2) is 0 Å². The summed E-state index contributed by atoms with van der Waals surface area (Å²) in [6, 6.07) is 1.99. The molecular weight excluding hydrogens is 240 g/mol. The predicted octanol–water partition coefficient (Wildman–Crippen LogP) is 2.78. The number of pyridine rings is 1. The van der Waals surface area contributed by atoms with Crippen LogP contribution in [-0.2, 0) is 11.3 Å². The molecule has 0 saturated carbocycles. The Kier molecular flexibility index (Phi) is 6.81. The molecule has 1 N–H and O–H groups in total. The molecule has 0 aromatic carbocycles. The SMILES string of the molecule is CCCOCCOc1cnccc1CNC(C)(C)C. The number of hydrogen-bond donors (Lipinski definition) is 1. The Morgan fingerprint density at radius 2 is 2.00 bits per heavy atom. The molecule has 108 valence electrons. The maximum atomic E-state index is 5.72. The Hall–Kier alpha value is -1.13. The second kappa shape index (κ2) is 8.12. The van der Waals surface area contributed by atoms with Crippen LogP contribution in [0.25, 0.3) is 0 Å². The number of hydrogen-bond acceptors (Lipinski definition) is 4. The topological polar surface area (TPSA) is 43.4 Å². The van der Waals surface area contributed by atoms with E-state index in [2.05, 4.69) is 38.0 Å². The number of nitrogens with one attached hydrogen (secondary N) is 1. The third-order valence-corrected chi connectivity index (χ3v) is 2.51. The predicted molar refractivity (Wildman–Crippen MR) is 77.4 cm³/mol. The Balaban J connectivity index is 2.44. The van der Waals surface area contributed by atoms with Gasteiger partial charge in [-0.05, 0) is 33.3 Å². The Morgan fingerprint density at radius 3 is 2.68 bits per heavy atom. The average Bonchev–Trinajstić information content (AvgIpc) is 2.36. The standard InChI is InChI=1S/C15H26N2O2/c1-5-8-18-9-10-19-14-12-16-7-6-13(14)11-17-15(2,3)4/h6-7,12,17H,5,8-11H2,1-4H3. The fourth-order valence-electron chi connectivity index (χ4n) is 1.50. The quantitative estimate of drug-likeness (QED) is 0.735. The number of nitrogens with zero attached hydrogens (tertiary/aromatic N) is 1. The molecule has 4 nitrogen and oxygen atoms in total. The first-order valence-electron chi connectivity index (χ1n) is 6.91. The summed E-state index contributed by atoms with van der Waals surface area (Å²) in [7, 11) is 0. The van der Waals surface area contributed by atoms with Gasteiger partial charge in [-0.3, -0.25) is 4.98 Å². The van der Waals surface area contributed by atoms with Crippen molar-refractivity contribution >= 4 is 0 Å². The van der Waals surface area contributed by atoms with Gasteiger partial charge >= 0.3 is 0 Å². The van der Waals surface area contributed by atoms with Crippen molar-refractivity contribution in [3.63, 3.8) is 0 Å². The van der Waals surface area contributed by atoms with Crippen molar-refractivity contribution in [2.45, 2.75) is 46.2 Å². The minimum atomic E-state index is 0.0881. The van der Waals surface area contributed by atoms with E-state index < -0.39 is 0 Å². The molecular formula is C15H26N2O2. The van der Waals surface area contributed by atoms with Crippen molar-refractivity contribution in [1.82, 2.24) is 10.3 Å². The van der Waals surface area contributed by atoms with Gasteiger partial charge in [-0.1, -0.05) is 6.92 Å². The van der Waals surface area contributed by atoms with E-state index in [-0.39, 0.29) is 5.54 Å². The van der Waals surface area contributed by atoms with E-state index in [9.17, 15) is 0 Å². The van der Waals surface area contributed by atoms with E-state index in [1.54, 1.807) is 12.4 Å². The molecule has 1 heterocycles. The fourth-order valence-corrected chi connectivity index (χ4v) is 1.50. The molecule has 0 aliphatic carbocycles. The molecule has 0 atom stereocenters. The maximum Gasteiger partial charge on any atom is 0.142 e. The van der Waals surface area contributed by atoms with Crippen LogP contribution in [0.1, 0.15) is 39.7 Å². The van der Waals surface area contributed by atoms with E-state index in [4.69, 9.17) is 9.47 Å². The molecule has 19 heavy (non-hydrogen) atoms. The third-order valence-electron chi connectivity index (χ3n) is 2.51. The molecule has 4 heteroatoms. The molecule has 1 aromatic heterocycles. The highest BCUT2D eigenvalue weighted by atomic mass is 16.5. The van der Waals surface area contributed by atoms with Crippen molar-refractivity contribution < 1.29 is 9.47 Å². The molecule has 1 rings (SSSR count). The lowest BCUT2D eigenvalue weighted by Crippen LogP contribution is -2.35. The molecule has 0 amide bonds. The van der Waals surface area contributed by atoms with Gasteiger partial charge in [0.15, 0.2) is 0 Å². The van der Waals surface area contributed by atoms with Crippen LogP contribution in [0, 0.1) is 0 Å². The van der Waals surface area contributed by atoms with Crippen molar-refractivity contribution in [2.75, 3.05) is 19.8 Å². The van der Waals surface area contributed by atoms with Crippen LogP contribution in [0.5, 0.6) is 5.75 Å². The summed E-state index contributed by atoms with van der Waals surface area (Å²) in [6.45, 7) is 11.3. The third kappa shape index (κ3) is 7.13. The van der Waals surface area contributed by atoms with Gasteiger partial charge in [0.25, 0.3) is 0 Å². The lowest BCUT2D eigenvalue weighted by molar-refractivity contribution is 0.100. The summed E-state index contributed by atoms with van der Waals surface area (Å²) in [5, 5.41) is 3.45. The zero-order valence-electron chi connectivity index (χ0n) is 12.5. The van der Waals surface area contributed by atoms with E-state index in [0.717, 1.165) is 30.9 Å². The lowest BCUT2D eigenvalue weighted by atomic mass is 10.1. The van der Waals surface area contributed by atoms with Crippen LogP contribution in [0.2, 0.25) is 0 Å². The Bertz CT molecular complexity index is 361. The maximum absolute atomic E-state index is 5.72. The molecule has 0 aliphatic heterocycles. The zero-order valence-corrected chi connectivity index (χ0v) is 12.5. The monoisotopic (exact) mass is 266 g/mol. The molecule has 0 aliphatic rings. The fraction of sp³-hybridized carbons (Fsp3) is 0.667. The smallest absolute Gasteiger partial charge is 0.142 e. The Labute approximate surface area is 116 Å². The number of ether oxygens (including phenoxy) is 2. The van der Waals surface area contributed by atoms with Gasteiger partial charge in [0.1, 0.15) is 12.4 Å². The van der Waals surface area contributed by atoms with Crippen LogP contribution in [0.15, 0.2) is 18.5 Å². The summed E-state index contributed by atoms with van der Waals surface area (Å²) in [5.41, 5.74) is 1.21. The molecule has 0 fully saturated rings. The highest BCUT2D eigenvalue weighted by Gasteiger charge is 2.10. The molecule has 1 aromatic rings. The zero-order chi connectivity index (χ0) is 14.1. The summed E-state index contributed by atoms with van der Waals surface area (Å²) in [4.78, 5) is 4.11. The summed E-state index contributed by atoms with van der Waals surface area (Å²) in [6.07, 6.45) is 4.59. The van der Waals surface area contributed by atoms with Crippen molar-refractivity contribution in [3.05, 3.63) is 24.0 Å². The Morgan fingerprint density at radius 1 is 1.21 bits per heavy atom. The first-order chi connectivity index (χ1) is 9.03. The van der Waals surface area contributed by atoms with Crippen molar-refractivity contribution in [3.8, 4) is 5.75 Å². The van der Waals surface area contributed by atoms with Crippen molar-refractivity contribution in [1.29, 1.82) is 0 Å². The van der Waals surface area contributed by atoms with Gasteiger partial charge in [-0.2, -0.15) is 0 Å². The molecule has 0 unspecified atom stereocenters. The summed E-state index contributed by atoms with van der Waals surface area (Å²) in [5.74, 6) is 0.833. The summed E-state index contributed by atoms with van der Waals surface area (Å²) < 4.78 is 11.1. The normalized spacial score (nSPS) is 11.6. The van der Waals surface area contributed by atoms with E-state index >= 15 is 0 Å². The van der Waals surface area contributed by atoms with Gasteiger partial charge in [0, 0.05) is 30.5 Å². The van der Waals surface area contributed by atoms with Crippen molar-refractivity contribution in [2.24, 2.45) is 0 Å². The average molecular weight is 266 g/mol. The highest BCUT2D eigenvalue weighted by molar-refractivity contribution is 5.29. The largest absolute Gasteiger partial charge is 0.489 e. The molecule has 0 saturated heterocycles. The van der Waals surface area contributed by atoms with E-state index in [1.165, 1.54) is 0 Å². The van der Waals surface area contributed by atoms with Crippen LogP contribution >= 0.6 is 0 Å². The van der Waals surface area contributed by atoms with Crippen LogP contribution in [0.3, 0.4) is 0 Å². The van der Waals surface area contributed by atoms with Gasteiger partial charge < -0.3 is 14.8 Å². The van der Waals surface area contributed by atoms with Gasteiger partial charge in [0.05, 0.1) is 12.8 Å². The van der Waals surface area contributed by atoms with Crippen LogP contribution in [0.4, 0.5) is 0 Å². The highest BCUT2D eigenvalue weighted by Crippen LogP contribution is 2.17. The van der Waals surface area contributed by atoms with Gasteiger partial charge in [0.2, 0.25) is 0 Å².